The first kappa shape index (κ1) is 39.4. The second-order valence-corrected chi connectivity index (χ2v) is 18.9. The highest BCUT2D eigenvalue weighted by Gasteiger charge is 2.66. The van der Waals surface area contributed by atoms with E-state index in [1.807, 2.05) is 65.9 Å². The van der Waals surface area contributed by atoms with Crippen molar-refractivity contribution >= 4 is 45.8 Å². The highest BCUT2D eigenvalue weighted by molar-refractivity contribution is 14.1. The number of aryl methyl sites for hydroxylation is 1. The van der Waals surface area contributed by atoms with Gasteiger partial charge in [0.05, 0.1) is 56.1 Å². The van der Waals surface area contributed by atoms with Crippen molar-refractivity contribution < 1.29 is 17.6 Å². The molecule has 2 aromatic carbocycles. The molecule has 0 amide bonds. The maximum Gasteiger partial charge on any atom is 0.148 e. The molecule has 4 heterocycles. The normalized spacial score (nSPS) is 24.0. The van der Waals surface area contributed by atoms with Gasteiger partial charge in [0, 0.05) is 3.57 Å². The molecule has 10 rings (SSSR count). The predicted octanol–water partition coefficient (Wildman–Crippen LogP) is 12.3. The number of hydrogen-bond donors (Lipinski definition) is 0. The van der Waals surface area contributed by atoms with Gasteiger partial charge in [-0.05, 0) is 149 Å². The van der Waals surface area contributed by atoms with Gasteiger partial charge in [0.25, 0.3) is 0 Å². The van der Waals surface area contributed by atoms with E-state index in [0.29, 0.717) is 13.9 Å². The monoisotopic (exact) mass is 934 g/mol. The van der Waals surface area contributed by atoms with Gasteiger partial charge in [-0.3, -0.25) is 0 Å². The molecule has 296 valence electrons. The standard InChI is InChI=1S/C23H20ClF2N3.C22H17ClF2IN3/c1-12-7-8-18(27-21(12)24)23-10-9-14(22(23,2)3)13-11-17(28-29-20(13)23)19-15(25)5-4-6-16(19)26;1-21(2)12-8-9-22(21,16-4-3-5-17(23)27-16)20-11(12)10-15(28-29-20)18-13(24)6-7-14(26)19(18)25/h4-8,11,14H,9-10H2,1-3H3;3-7,10,12H,8-9H2,1-2H3/t14-,23-;12-,22-/m00/s1. The lowest BCUT2D eigenvalue weighted by Gasteiger charge is -2.37. The Balaban J connectivity index is 0.000000150. The zero-order valence-electron chi connectivity index (χ0n) is 32.2. The van der Waals surface area contributed by atoms with E-state index in [0.717, 1.165) is 65.1 Å². The van der Waals surface area contributed by atoms with Crippen LogP contribution in [0.15, 0.2) is 72.8 Å². The Bertz CT molecular complexity index is 2670. The lowest BCUT2D eigenvalue weighted by atomic mass is 9.66. The van der Waals surface area contributed by atoms with Gasteiger partial charge in [-0.15, -0.1) is 10.2 Å². The molecule has 4 aromatic heterocycles. The molecule has 0 N–H and O–H groups in total. The molecule has 0 aliphatic heterocycles. The molecule has 0 unspecified atom stereocenters. The molecule has 6 aromatic rings. The molecule has 2 fully saturated rings. The van der Waals surface area contributed by atoms with Crippen LogP contribution >= 0.6 is 45.8 Å². The van der Waals surface area contributed by atoms with Gasteiger partial charge >= 0.3 is 0 Å². The summed E-state index contributed by atoms with van der Waals surface area (Å²) in [6.45, 7) is 10.8. The van der Waals surface area contributed by atoms with E-state index >= 15 is 0 Å². The van der Waals surface area contributed by atoms with Crippen molar-refractivity contribution in [3.05, 3.63) is 149 Å². The summed E-state index contributed by atoms with van der Waals surface area (Å²) >= 11 is 14.4. The van der Waals surface area contributed by atoms with Crippen molar-refractivity contribution in [2.45, 2.75) is 83.0 Å². The fourth-order valence-corrected chi connectivity index (χ4v) is 11.7. The molecule has 13 heteroatoms. The van der Waals surface area contributed by atoms with E-state index in [-0.39, 0.29) is 45.2 Å². The summed E-state index contributed by atoms with van der Waals surface area (Å²) < 4.78 is 58.1. The molecule has 0 saturated heterocycles. The lowest BCUT2D eigenvalue weighted by Crippen LogP contribution is -2.37. The fraction of sp³-hybridized carbons (Fsp3) is 0.333. The van der Waals surface area contributed by atoms with Gasteiger partial charge in [0.15, 0.2) is 0 Å². The van der Waals surface area contributed by atoms with Crippen molar-refractivity contribution in [2.75, 3.05) is 0 Å². The van der Waals surface area contributed by atoms with Crippen LogP contribution in [0.4, 0.5) is 17.6 Å². The molecule has 4 aliphatic carbocycles. The first-order chi connectivity index (χ1) is 27.5. The summed E-state index contributed by atoms with van der Waals surface area (Å²) in [7, 11) is 0. The summed E-state index contributed by atoms with van der Waals surface area (Å²) in [5, 5.41) is 18.5. The molecule has 0 radical (unpaired) electrons. The van der Waals surface area contributed by atoms with Gasteiger partial charge in [-0.2, -0.15) is 10.2 Å². The zero-order valence-corrected chi connectivity index (χ0v) is 35.9. The average Bonchev–Trinajstić information content (AvgIpc) is 3.76. The van der Waals surface area contributed by atoms with E-state index in [1.54, 1.807) is 6.07 Å². The third-order valence-corrected chi connectivity index (χ3v) is 15.3. The van der Waals surface area contributed by atoms with Gasteiger partial charge in [-0.25, -0.2) is 27.5 Å². The van der Waals surface area contributed by atoms with Crippen LogP contribution in [0.25, 0.3) is 22.5 Å². The summed E-state index contributed by atoms with van der Waals surface area (Å²) in [6, 6.07) is 19.8. The number of pyridine rings is 2. The Morgan fingerprint density at radius 2 is 1.14 bits per heavy atom. The largest absolute Gasteiger partial charge is 0.240 e. The summed E-state index contributed by atoms with van der Waals surface area (Å²) in [6.07, 6.45) is 3.70. The predicted molar refractivity (Wildman–Crippen MR) is 224 cm³/mol. The lowest BCUT2D eigenvalue weighted by molar-refractivity contribution is 0.243. The van der Waals surface area contributed by atoms with E-state index in [1.165, 1.54) is 30.3 Å². The van der Waals surface area contributed by atoms with Gasteiger partial charge < -0.3 is 0 Å². The number of halogens is 7. The summed E-state index contributed by atoms with van der Waals surface area (Å²) in [4.78, 5) is 9.32. The first-order valence-electron chi connectivity index (χ1n) is 19.2. The number of hydrogen-bond acceptors (Lipinski definition) is 6. The van der Waals surface area contributed by atoms with Crippen molar-refractivity contribution in [3.8, 4) is 22.5 Å². The second-order valence-electron chi connectivity index (χ2n) is 17.0. The average molecular weight is 936 g/mol. The number of rotatable bonds is 4. The molecule has 0 spiro atoms. The van der Waals surface area contributed by atoms with Crippen LogP contribution in [0, 0.1) is 44.6 Å². The molecule has 58 heavy (non-hydrogen) atoms. The van der Waals surface area contributed by atoms with Crippen LogP contribution < -0.4 is 0 Å². The van der Waals surface area contributed by atoms with Crippen LogP contribution in [0.2, 0.25) is 10.3 Å². The second kappa shape index (κ2) is 13.7. The molecule has 4 atom stereocenters. The third-order valence-electron chi connectivity index (χ3n) is 13.9. The van der Waals surface area contributed by atoms with E-state index in [2.05, 4.69) is 53.1 Å². The van der Waals surface area contributed by atoms with Crippen molar-refractivity contribution in [2.24, 2.45) is 10.8 Å². The molecular formula is C45H37Cl2F4IN6. The van der Waals surface area contributed by atoms with E-state index < -0.39 is 34.1 Å². The quantitative estimate of drug-likeness (QED) is 0.0758. The smallest absolute Gasteiger partial charge is 0.148 e. The highest BCUT2D eigenvalue weighted by Crippen LogP contribution is 2.70. The molecule has 2 saturated carbocycles. The number of nitrogens with zero attached hydrogens (tertiary/aromatic N) is 6. The van der Waals surface area contributed by atoms with Gasteiger partial charge in [-0.1, -0.05) is 69.1 Å². The number of aromatic nitrogens is 6. The molecule has 6 nitrogen and oxygen atoms in total. The summed E-state index contributed by atoms with van der Waals surface area (Å²) in [5.41, 5.74) is 5.46. The van der Waals surface area contributed by atoms with Crippen LogP contribution in [-0.4, -0.2) is 30.4 Å². The Labute approximate surface area is 357 Å². The number of benzene rings is 2. The molecule has 4 bridgehead atoms. The minimum Gasteiger partial charge on any atom is -0.240 e. The topological polar surface area (TPSA) is 77.3 Å². The van der Waals surface area contributed by atoms with Crippen molar-refractivity contribution in [1.82, 2.24) is 30.4 Å². The summed E-state index contributed by atoms with van der Waals surface area (Å²) in [5.74, 6) is -2.09. The SMILES string of the molecule is CC1(C)[C@H]2CC[C@]1(c1cccc(Cl)n1)c1nnc(-c3c(F)ccc(I)c3F)cc12.Cc1ccc([C@@]23CC[C@@H](c4cc(-c5c(F)cccc5F)nnc42)C3(C)C)nc1Cl. The van der Waals surface area contributed by atoms with Crippen LogP contribution in [0.1, 0.15) is 105 Å². The van der Waals surface area contributed by atoms with Crippen LogP contribution in [0.5, 0.6) is 0 Å². The first-order valence-corrected chi connectivity index (χ1v) is 21.0. The maximum absolute atomic E-state index is 14.7. The molecular weight excluding hydrogens is 898 g/mol. The maximum atomic E-state index is 14.7. The van der Waals surface area contributed by atoms with Crippen LogP contribution in [0.3, 0.4) is 0 Å². The van der Waals surface area contributed by atoms with Gasteiger partial charge in [0.1, 0.15) is 33.6 Å². The third kappa shape index (κ3) is 5.40. The minimum atomic E-state index is -0.636. The zero-order chi connectivity index (χ0) is 41.1. The highest BCUT2D eigenvalue weighted by atomic mass is 127. The Kier molecular flexibility index (Phi) is 9.33. The minimum absolute atomic E-state index is 0.122. The van der Waals surface area contributed by atoms with Crippen molar-refractivity contribution in [1.29, 1.82) is 0 Å². The molecule has 4 aliphatic rings. The van der Waals surface area contributed by atoms with E-state index in [9.17, 15) is 17.6 Å². The Morgan fingerprint density at radius 1 is 0.621 bits per heavy atom. The van der Waals surface area contributed by atoms with Crippen LogP contribution in [-0.2, 0) is 10.8 Å². The number of fused-ring (bicyclic) bond motifs is 10. The van der Waals surface area contributed by atoms with E-state index in [4.69, 9.17) is 28.2 Å². The van der Waals surface area contributed by atoms with Crippen molar-refractivity contribution in [3.63, 3.8) is 0 Å². The Morgan fingerprint density at radius 3 is 1.69 bits per heavy atom. The van der Waals surface area contributed by atoms with Gasteiger partial charge in [0.2, 0.25) is 0 Å². The fourth-order valence-electron chi connectivity index (χ4n) is 10.9. The Hall–Kier alpha value is -4.07.